The van der Waals surface area contributed by atoms with E-state index in [1.54, 1.807) is 11.3 Å². The number of thioether (sulfide) groups is 1. The van der Waals surface area contributed by atoms with Gasteiger partial charge in [-0.3, -0.25) is 14.9 Å². The van der Waals surface area contributed by atoms with Gasteiger partial charge in [0.05, 0.1) is 12.9 Å². The summed E-state index contributed by atoms with van der Waals surface area (Å²) >= 11 is 2.79. The Hall–Kier alpha value is -2.20. The lowest BCUT2D eigenvalue weighted by Gasteiger charge is -2.12. The van der Waals surface area contributed by atoms with Crippen molar-refractivity contribution in [3.8, 4) is 0 Å². The Bertz CT molecular complexity index is 821. The van der Waals surface area contributed by atoms with Gasteiger partial charge in [0.2, 0.25) is 0 Å². The van der Waals surface area contributed by atoms with Gasteiger partial charge in [-0.05, 0) is 26.3 Å². The van der Waals surface area contributed by atoms with Crippen LogP contribution in [0.4, 0.5) is 4.79 Å². The van der Waals surface area contributed by atoms with Crippen molar-refractivity contribution in [2.75, 3.05) is 12.9 Å². The number of fused-ring (bicyclic) bond motifs is 1. The van der Waals surface area contributed by atoms with E-state index < -0.39 is 24.1 Å². The Labute approximate surface area is 152 Å². The minimum atomic E-state index is -1.11. The molecule has 25 heavy (non-hydrogen) atoms. The molecule has 2 amide bonds. The van der Waals surface area contributed by atoms with Crippen LogP contribution in [0.1, 0.15) is 17.4 Å². The second-order valence-electron chi connectivity index (χ2n) is 5.04. The maximum Gasteiger partial charge on any atom is 0.413 e. The van der Waals surface area contributed by atoms with Gasteiger partial charge < -0.3 is 9.47 Å². The summed E-state index contributed by atoms with van der Waals surface area (Å²) in [4.78, 5) is 45.0. The van der Waals surface area contributed by atoms with Crippen LogP contribution >= 0.6 is 23.1 Å². The number of hydrogen-bond acceptors (Lipinski definition) is 9. The number of thiophene rings is 1. The molecule has 0 saturated heterocycles. The number of esters is 1. The highest BCUT2D eigenvalue weighted by atomic mass is 32.2. The summed E-state index contributed by atoms with van der Waals surface area (Å²) < 4.78 is 9.31. The number of amides is 2. The van der Waals surface area contributed by atoms with E-state index in [4.69, 9.17) is 4.74 Å². The van der Waals surface area contributed by atoms with Gasteiger partial charge in [0.1, 0.15) is 16.2 Å². The van der Waals surface area contributed by atoms with Gasteiger partial charge in [0, 0.05) is 10.3 Å². The summed E-state index contributed by atoms with van der Waals surface area (Å²) in [6, 6.07) is 0. The molecule has 0 radical (unpaired) electrons. The molecule has 2 heterocycles. The SMILES string of the molecule is COC(=O)NC(=O)[C@@H](C)OC(=O)CSc1ncnc2sc(C)c(C)c12. The zero-order chi connectivity index (χ0) is 18.6. The fourth-order valence-electron chi connectivity index (χ4n) is 1.92. The standard InChI is InChI=1S/C15H17N3O5S2/c1-7-9(3)25-14-11(7)13(16-6-17-14)24-5-10(19)23-8(2)12(20)18-15(21)22-4/h6,8H,5H2,1-4H3,(H,18,20,21)/t8-/m1/s1. The van der Waals surface area contributed by atoms with Crippen LogP contribution in [-0.2, 0) is 19.1 Å². The largest absolute Gasteiger partial charge is 0.453 e. The van der Waals surface area contributed by atoms with Crippen LogP contribution < -0.4 is 5.32 Å². The number of carbonyl (C=O) groups is 3. The molecule has 10 heteroatoms. The number of imide groups is 1. The molecule has 2 aromatic heterocycles. The van der Waals surface area contributed by atoms with Crippen LogP contribution in [0.5, 0.6) is 0 Å². The molecule has 1 atom stereocenters. The number of nitrogens with zero attached hydrogens (tertiary/aromatic N) is 2. The van der Waals surface area contributed by atoms with Crippen LogP contribution in [0.3, 0.4) is 0 Å². The van der Waals surface area contributed by atoms with Crippen molar-refractivity contribution in [1.29, 1.82) is 0 Å². The summed E-state index contributed by atoms with van der Waals surface area (Å²) in [5, 5.41) is 3.56. The van der Waals surface area contributed by atoms with E-state index in [1.165, 1.54) is 25.0 Å². The highest BCUT2D eigenvalue weighted by molar-refractivity contribution is 8.00. The second kappa shape index (κ2) is 8.26. The summed E-state index contributed by atoms with van der Waals surface area (Å²) in [7, 11) is 1.13. The maximum atomic E-state index is 11.9. The van der Waals surface area contributed by atoms with Gasteiger partial charge in [-0.2, -0.15) is 0 Å². The number of alkyl carbamates (subject to hydrolysis) is 1. The minimum Gasteiger partial charge on any atom is -0.453 e. The summed E-state index contributed by atoms with van der Waals surface area (Å²) in [6.45, 7) is 5.36. The summed E-state index contributed by atoms with van der Waals surface area (Å²) in [5.74, 6) is -1.36. The van der Waals surface area contributed by atoms with Crippen molar-refractivity contribution in [3.63, 3.8) is 0 Å². The molecule has 2 rings (SSSR count). The monoisotopic (exact) mass is 383 g/mol. The average molecular weight is 383 g/mol. The molecule has 0 aromatic carbocycles. The molecular weight excluding hydrogens is 366 g/mol. The average Bonchev–Trinajstić information content (AvgIpc) is 2.87. The molecule has 0 aliphatic carbocycles. The molecule has 8 nitrogen and oxygen atoms in total. The molecule has 2 aromatic rings. The van der Waals surface area contributed by atoms with Gasteiger partial charge in [-0.1, -0.05) is 11.8 Å². The topological polar surface area (TPSA) is 107 Å². The fraction of sp³-hybridized carbons (Fsp3) is 0.400. The lowest BCUT2D eigenvalue weighted by Crippen LogP contribution is -2.39. The van der Waals surface area contributed by atoms with E-state index in [1.807, 2.05) is 19.2 Å². The Morgan fingerprint density at radius 3 is 2.72 bits per heavy atom. The van der Waals surface area contributed by atoms with Crippen LogP contribution in [0.2, 0.25) is 0 Å². The summed E-state index contributed by atoms with van der Waals surface area (Å²) in [5.41, 5.74) is 1.09. The molecule has 0 fully saturated rings. The highest BCUT2D eigenvalue weighted by Gasteiger charge is 2.21. The molecule has 0 bridgehead atoms. The van der Waals surface area contributed by atoms with E-state index in [0.29, 0.717) is 5.03 Å². The Kier molecular flexibility index (Phi) is 6.32. The third kappa shape index (κ3) is 4.67. The quantitative estimate of drug-likeness (QED) is 0.476. The van der Waals surface area contributed by atoms with Crippen molar-refractivity contribution in [3.05, 3.63) is 16.8 Å². The van der Waals surface area contributed by atoms with Gasteiger partial charge >= 0.3 is 12.1 Å². The van der Waals surface area contributed by atoms with E-state index in [9.17, 15) is 14.4 Å². The lowest BCUT2D eigenvalue weighted by atomic mass is 10.2. The number of aryl methyl sites for hydroxylation is 2. The first-order chi connectivity index (χ1) is 11.8. The Morgan fingerprint density at radius 2 is 2.04 bits per heavy atom. The van der Waals surface area contributed by atoms with Crippen LogP contribution in [-0.4, -0.2) is 46.9 Å². The molecule has 1 N–H and O–H groups in total. The van der Waals surface area contributed by atoms with Crippen molar-refractivity contribution in [2.45, 2.75) is 31.9 Å². The zero-order valence-corrected chi connectivity index (χ0v) is 15.7. The fourth-order valence-corrected chi connectivity index (χ4v) is 3.82. The van der Waals surface area contributed by atoms with E-state index in [-0.39, 0.29) is 5.75 Å². The van der Waals surface area contributed by atoms with E-state index in [0.717, 1.165) is 27.8 Å². The number of hydrogen-bond donors (Lipinski definition) is 1. The molecule has 0 unspecified atom stereocenters. The summed E-state index contributed by atoms with van der Waals surface area (Å²) in [6.07, 6.45) is -0.561. The van der Waals surface area contributed by atoms with Gasteiger partial charge in [-0.25, -0.2) is 14.8 Å². The molecular formula is C15H17N3O5S2. The first-order valence-electron chi connectivity index (χ1n) is 7.25. The number of nitrogens with one attached hydrogen (secondary N) is 1. The normalized spacial score (nSPS) is 11.8. The molecule has 0 saturated carbocycles. The number of methoxy groups -OCH3 is 1. The van der Waals surface area contributed by atoms with Crippen molar-refractivity contribution < 1.29 is 23.9 Å². The van der Waals surface area contributed by atoms with Crippen molar-refractivity contribution >= 4 is 51.3 Å². The molecule has 134 valence electrons. The van der Waals surface area contributed by atoms with Crippen LogP contribution in [0, 0.1) is 13.8 Å². The number of rotatable bonds is 5. The lowest BCUT2D eigenvalue weighted by molar-refractivity contribution is -0.152. The predicted molar refractivity (Wildman–Crippen MR) is 93.7 cm³/mol. The van der Waals surface area contributed by atoms with Crippen molar-refractivity contribution in [1.82, 2.24) is 15.3 Å². The van der Waals surface area contributed by atoms with Gasteiger partial charge in [-0.15, -0.1) is 11.3 Å². The van der Waals surface area contributed by atoms with Crippen LogP contribution in [0.25, 0.3) is 10.2 Å². The van der Waals surface area contributed by atoms with Gasteiger partial charge in [0.25, 0.3) is 5.91 Å². The second-order valence-corrected chi connectivity index (χ2v) is 7.21. The number of ether oxygens (including phenoxy) is 2. The highest BCUT2D eigenvalue weighted by Crippen LogP contribution is 2.34. The number of carbonyl (C=O) groups excluding carboxylic acids is 3. The smallest absolute Gasteiger partial charge is 0.413 e. The minimum absolute atomic E-state index is 0.0176. The molecule has 0 aliphatic rings. The number of aromatic nitrogens is 2. The first-order valence-corrected chi connectivity index (χ1v) is 9.05. The predicted octanol–water partition coefficient (Wildman–Crippen LogP) is 2.21. The van der Waals surface area contributed by atoms with Crippen LogP contribution in [0.15, 0.2) is 11.4 Å². The zero-order valence-electron chi connectivity index (χ0n) is 14.1. The van der Waals surface area contributed by atoms with E-state index >= 15 is 0 Å². The molecule has 0 aliphatic heterocycles. The first kappa shape index (κ1) is 19.1. The third-order valence-corrected chi connectivity index (χ3v) is 5.42. The molecule has 0 spiro atoms. The Balaban J connectivity index is 1.96. The maximum absolute atomic E-state index is 11.9. The van der Waals surface area contributed by atoms with Gasteiger partial charge in [0.15, 0.2) is 6.10 Å². The van der Waals surface area contributed by atoms with E-state index in [2.05, 4.69) is 14.7 Å². The Morgan fingerprint density at radius 1 is 1.32 bits per heavy atom. The van der Waals surface area contributed by atoms with Crippen molar-refractivity contribution in [2.24, 2.45) is 0 Å². The third-order valence-electron chi connectivity index (χ3n) is 3.35.